The zero-order valence-corrected chi connectivity index (χ0v) is 24.5. The number of esters is 1. The van der Waals surface area contributed by atoms with Gasteiger partial charge in [0.25, 0.3) is 0 Å². The molecular weight excluding hydrogens is 510 g/mol. The van der Waals surface area contributed by atoms with Crippen LogP contribution in [0.2, 0.25) is 0 Å². The van der Waals surface area contributed by atoms with Gasteiger partial charge < -0.3 is 19.1 Å². The molecule has 0 radical (unpaired) electrons. The van der Waals surface area contributed by atoms with E-state index in [9.17, 15) is 9.59 Å². The van der Waals surface area contributed by atoms with Gasteiger partial charge in [0.05, 0.1) is 6.61 Å². The third kappa shape index (κ3) is 9.98. The first-order valence-corrected chi connectivity index (χ1v) is 14.0. The minimum Gasteiger partial charge on any atom is -0.476 e. The Morgan fingerprint density at radius 1 is 0.821 bits per heavy atom. The highest BCUT2D eigenvalue weighted by Crippen LogP contribution is 2.31. The van der Waals surface area contributed by atoms with Crippen molar-refractivity contribution in [3.8, 4) is 5.75 Å². The second kappa shape index (κ2) is 13.6. The first-order chi connectivity index (χ1) is 18.4. The van der Waals surface area contributed by atoms with E-state index in [4.69, 9.17) is 14.2 Å². The predicted octanol–water partition coefficient (Wildman–Crippen LogP) is 7.54. The topological polar surface area (TPSA) is 65.1 Å². The van der Waals surface area contributed by atoms with E-state index >= 15 is 0 Å². The molecule has 0 bridgehead atoms. The first kappa shape index (κ1) is 30.1. The molecule has 3 aromatic carbocycles. The minimum absolute atomic E-state index is 0.309. The fraction of sp³-hybridized carbons (Fsp3) is 0.375. The van der Waals surface area contributed by atoms with E-state index in [0.717, 1.165) is 20.9 Å². The van der Waals surface area contributed by atoms with Gasteiger partial charge in [-0.1, -0.05) is 60.3 Å². The molecule has 0 saturated carbocycles. The largest absolute Gasteiger partial charge is 0.476 e. The molecule has 0 atom stereocenters. The summed E-state index contributed by atoms with van der Waals surface area (Å²) in [6.45, 7) is 12.2. The highest BCUT2D eigenvalue weighted by Gasteiger charge is 2.31. The monoisotopic (exact) mass is 549 g/mol. The summed E-state index contributed by atoms with van der Waals surface area (Å²) in [7, 11) is 0. The lowest BCUT2D eigenvalue weighted by Gasteiger charge is -2.27. The van der Waals surface area contributed by atoms with Crippen molar-refractivity contribution in [2.24, 2.45) is 0 Å². The third-order valence-corrected chi connectivity index (χ3v) is 6.64. The number of carbonyl (C=O) groups is 2. The van der Waals surface area contributed by atoms with Crippen molar-refractivity contribution in [2.45, 2.75) is 75.5 Å². The fourth-order valence-electron chi connectivity index (χ4n) is 3.73. The smallest absolute Gasteiger partial charge is 0.410 e. The lowest BCUT2D eigenvalue weighted by atomic mass is 10.1. The average Bonchev–Trinajstić information content (AvgIpc) is 2.87. The molecule has 7 heteroatoms. The normalized spacial score (nSPS) is 11.5. The summed E-state index contributed by atoms with van der Waals surface area (Å²) in [6, 6.07) is 25.9. The van der Waals surface area contributed by atoms with Crippen LogP contribution in [0.5, 0.6) is 5.75 Å². The van der Waals surface area contributed by atoms with Crippen molar-refractivity contribution in [3.05, 3.63) is 90.0 Å². The summed E-state index contributed by atoms with van der Waals surface area (Å²) in [5.41, 5.74) is 0.567. The highest BCUT2D eigenvalue weighted by molar-refractivity contribution is 7.99. The second-order valence-corrected chi connectivity index (χ2v) is 11.8. The van der Waals surface area contributed by atoms with Crippen LogP contribution in [0, 0.1) is 0 Å². The molecule has 0 aliphatic heterocycles. The Labute approximate surface area is 236 Å². The van der Waals surface area contributed by atoms with Gasteiger partial charge >= 0.3 is 12.1 Å². The standard InChI is InChI=1S/C32H39NO5S/c1-7-36-29(34)32(5,6)37-26-14-11-15-28(22-26)39-27-18-16-24(17-19-27)20-21-33(30(35)38-31(2,3)4)23-25-12-9-8-10-13-25/h8-19,22H,7,20-21,23H2,1-6H3. The summed E-state index contributed by atoms with van der Waals surface area (Å²) in [5.74, 6) is 0.211. The van der Waals surface area contributed by atoms with Crippen molar-refractivity contribution in [3.63, 3.8) is 0 Å². The molecular formula is C32H39NO5S. The molecule has 6 nitrogen and oxygen atoms in total. The van der Waals surface area contributed by atoms with Gasteiger partial charge in [-0.15, -0.1) is 0 Å². The van der Waals surface area contributed by atoms with Gasteiger partial charge in [0, 0.05) is 22.9 Å². The predicted molar refractivity (Wildman–Crippen MR) is 155 cm³/mol. The maximum atomic E-state index is 12.9. The molecule has 3 aromatic rings. The van der Waals surface area contributed by atoms with Crippen LogP contribution in [0.25, 0.3) is 0 Å². The molecule has 0 aliphatic rings. The third-order valence-electron chi connectivity index (χ3n) is 5.64. The number of nitrogens with zero attached hydrogens (tertiary/aromatic N) is 1. The van der Waals surface area contributed by atoms with Crippen molar-refractivity contribution in [1.82, 2.24) is 4.90 Å². The zero-order valence-electron chi connectivity index (χ0n) is 23.7. The van der Waals surface area contributed by atoms with Gasteiger partial charge in [-0.3, -0.25) is 0 Å². The van der Waals surface area contributed by atoms with E-state index in [0.29, 0.717) is 31.9 Å². The van der Waals surface area contributed by atoms with Crippen LogP contribution in [-0.2, 0) is 27.2 Å². The van der Waals surface area contributed by atoms with E-state index in [2.05, 4.69) is 24.3 Å². The number of carbonyl (C=O) groups excluding carboxylic acids is 2. The first-order valence-electron chi connectivity index (χ1n) is 13.2. The minimum atomic E-state index is -1.07. The van der Waals surface area contributed by atoms with E-state index < -0.39 is 17.2 Å². The Morgan fingerprint density at radius 3 is 2.15 bits per heavy atom. The second-order valence-electron chi connectivity index (χ2n) is 10.7. The number of hydrogen-bond acceptors (Lipinski definition) is 6. The summed E-state index contributed by atoms with van der Waals surface area (Å²) in [5, 5.41) is 0. The molecule has 0 aromatic heterocycles. The van der Waals surface area contributed by atoms with Crippen molar-refractivity contribution in [2.75, 3.05) is 13.2 Å². The zero-order chi connectivity index (χ0) is 28.5. The molecule has 208 valence electrons. The van der Waals surface area contributed by atoms with Crippen LogP contribution in [0.3, 0.4) is 0 Å². The van der Waals surface area contributed by atoms with E-state index in [1.807, 2.05) is 75.4 Å². The molecule has 0 N–H and O–H groups in total. The van der Waals surface area contributed by atoms with E-state index in [-0.39, 0.29) is 6.09 Å². The van der Waals surface area contributed by atoms with Gasteiger partial charge in [-0.2, -0.15) is 0 Å². The van der Waals surface area contributed by atoms with Gasteiger partial charge in [-0.25, -0.2) is 9.59 Å². The number of amides is 1. The molecule has 3 rings (SSSR count). The van der Waals surface area contributed by atoms with Crippen LogP contribution in [-0.4, -0.2) is 41.3 Å². The van der Waals surface area contributed by atoms with Crippen LogP contribution in [0.1, 0.15) is 52.7 Å². The van der Waals surface area contributed by atoms with Crippen LogP contribution < -0.4 is 4.74 Å². The Hall–Kier alpha value is -3.45. The average molecular weight is 550 g/mol. The summed E-state index contributed by atoms with van der Waals surface area (Å²) < 4.78 is 16.7. The molecule has 0 saturated heterocycles. The lowest BCUT2D eigenvalue weighted by Crippen LogP contribution is -2.39. The van der Waals surface area contributed by atoms with E-state index in [1.54, 1.807) is 37.4 Å². The molecule has 0 aliphatic carbocycles. The number of rotatable bonds is 11. The Bertz CT molecular complexity index is 1220. The Kier molecular flexibility index (Phi) is 10.5. The Morgan fingerprint density at radius 2 is 1.51 bits per heavy atom. The van der Waals surface area contributed by atoms with Crippen LogP contribution >= 0.6 is 11.8 Å². The number of hydrogen-bond donors (Lipinski definition) is 0. The summed E-state index contributed by atoms with van der Waals surface area (Å²) in [4.78, 5) is 28.9. The van der Waals surface area contributed by atoms with Gasteiger partial charge in [0.2, 0.25) is 0 Å². The van der Waals surface area contributed by atoms with E-state index in [1.165, 1.54) is 0 Å². The molecule has 39 heavy (non-hydrogen) atoms. The van der Waals surface area contributed by atoms with Gasteiger partial charge in [0.15, 0.2) is 5.60 Å². The summed E-state index contributed by atoms with van der Waals surface area (Å²) in [6.07, 6.45) is 0.398. The fourth-order valence-corrected chi connectivity index (χ4v) is 4.60. The quantitative estimate of drug-likeness (QED) is 0.230. The van der Waals surface area contributed by atoms with Crippen LogP contribution in [0.4, 0.5) is 4.79 Å². The van der Waals surface area contributed by atoms with Crippen molar-refractivity contribution < 1.29 is 23.8 Å². The summed E-state index contributed by atoms with van der Waals surface area (Å²) >= 11 is 1.61. The van der Waals surface area contributed by atoms with Gasteiger partial charge in [0.1, 0.15) is 11.4 Å². The molecule has 0 unspecified atom stereocenters. The lowest BCUT2D eigenvalue weighted by molar-refractivity contribution is -0.158. The van der Waals surface area contributed by atoms with Gasteiger partial charge in [-0.05, 0) is 89.4 Å². The number of benzene rings is 3. The SMILES string of the molecule is CCOC(=O)C(C)(C)Oc1cccc(Sc2ccc(CCN(Cc3ccccc3)C(=O)OC(C)(C)C)cc2)c1. The molecule has 1 amide bonds. The maximum absolute atomic E-state index is 12.9. The van der Waals surface area contributed by atoms with Crippen molar-refractivity contribution in [1.29, 1.82) is 0 Å². The highest BCUT2D eigenvalue weighted by atomic mass is 32.2. The maximum Gasteiger partial charge on any atom is 0.410 e. The number of ether oxygens (including phenoxy) is 3. The van der Waals surface area contributed by atoms with Crippen molar-refractivity contribution >= 4 is 23.8 Å². The Balaban J connectivity index is 1.62. The van der Waals surface area contributed by atoms with Crippen LogP contribution in [0.15, 0.2) is 88.7 Å². The molecule has 0 fully saturated rings. The molecule has 0 heterocycles. The molecule has 0 spiro atoms.